The van der Waals surface area contributed by atoms with Crippen molar-refractivity contribution in [2.24, 2.45) is 5.92 Å². The maximum Gasteiger partial charge on any atom is 0.308 e. The van der Waals surface area contributed by atoms with E-state index in [0.717, 1.165) is 24.8 Å². The third kappa shape index (κ3) is 4.22. The van der Waals surface area contributed by atoms with E-state index >= 15 is 0 Å². The molecule has 0 bridgehead atoms. The molecule has 0 amide bonds. The second-order valence-electron chi connectivity index (χ2n) is 5.74. The van der Waals surface area contributed by atoms with Gasteiger partial charge in [-0.3, -0.25) is 4.79 Å². The Hall–Kier alpha value is -2.03. The molecule has 1 aromatic rings. The van der Waals surface area contributed by atoms with Crippen molar-refractivity contribution in [3.8, 4) is 11.5 Å². The molecule has 0 heterocycles. The quantitative estimate of drug-likeness (QED) is 0.513. The normalized spacial score (nSPS) is 18.0. The van der Waals surface area contributed by atoms with Crippen LogP contribution in [0.3, 0.4) is 0 Å². The highest BCUT2D eigenvalue weighted by Crippen LogP contribution is 2.32. The number of phenols is 1. The van der Waals surface area contributed by atoms with Gasteiger partial charge < -0.3 is 9.84 Å². The molecule has 1 aliphatic carbocycles. The molecule has 0 saturated carbocycles. The zero-order valence-corrected chi connectivity index (χ0v) is 12.7. The molecule has 3 heteroatoms. The van der Waals surface area contributed by atoms with Crippen molar-refractivity contribution in [1.82, 2.24) is 0 Å². The molecule has 1 aliphatic rings. The summed E-state index contributed by atoms with van der Waals surface area (Å²) in [6.45, 7) is 7.49. The second-order valence-corrected chi connectivity index (χ2v) is 5.74. The van der Waals surface area contributed by atoms with Gasteiger partial charge in [0.2, 0.25) is 0 Å². The Bertz CT molecular complexity index is 584. The summed E-state index contributed by atoms with van der Waals surface area (Å²) in [5.74, 6) is 0.952. The van der Waals surface area contributed by atoms with E-state index in [1.165, 1.54) is 24.1 Å². The van der Waals surface area contributed by atoms with Gasteiger partial charge >= 0.3 is 5.97 Å². The largest absolute Gasteiger partial charge is 0.508 e. The van der Waals surface area contributed by atoms with Gasteiger partial charge in [0.1, 0.15) is 11.5 Å². The predicted molar refractivity (Wildman–Crippen MR) is 83.4 cm³/mol. The zero-order chi connectivity index (χ0) is 15.4. The monoisotopic (exact) mass is 286 g/mol. The number of hydrogen-bond donors (Lipinski definition) is 1. The molecule has 0 fully saturated rings. The molecule has 0 radical (unpaired) electrons. The predicted octanol–water partition coefficient (Wildman–Crippen LogP) is 4.16. The number of phenolic OH excluding ortho intramolecular Hbond substituents is 1. The lowest BCUT2D eigenvalue weighted by molar-refractivity contribution is -0.131. The number of rotatable bonds is 4. The molecule has 0 saturated heterocycles. The molecule has 112 valence electrons. The molecule has 2 rings (SSSR count). The lowest BCUT2D eigenvalue weighted by atomic mass is 9.84. The van der Waals surface area contributed by atoms with Crippen molar-refractivity contribution >= 4 is 5.97 Å². The number of hydrogen-bond acceptors (Lipinski definition) is 3. The van der Waals surface area contributed by atoms with Crippen molar-refractivity contribution in [1.29, 1.82) is 0 Å². The fourth-order valence-corrected chi connectivity index (χ4v) is 2.70. The fraction of sp³-hybridized carbons (Fsp3) is 0.389. The smallest absolute Gasteiger partial charge is 0.308 e. The van der Waals surface area contributed by atoms with Crippen LogP contribution in [0, 0.1) is 5.92 Å². The number of carbonyl (C=O) groups excluding carboxylic acids is 1. The average molecular weight is 286 g/mol. The van der Waals surface area contributed by atoms with Crippen LogP contribution in [0.5, 0.6) is 11.5 Å². The Morgan fingerprint density at radius 2 is 2.19 bits per heavy atom. The fourth-order valence-electron chi connectivity index (χ4n) is 2.70. The first-order valence-electron chi connectivity index (χ1n) is 7.29. The zero-order valence-electron chi connectivity index (χ0n) is 12.7. The minimum Gasteiger partial charge on any atom is -0.508 e. The van der Waals surface area contributed by atoms with Gasteiger partial charge in [-0.2, -0.15) is 0 Å². The minimum absolute atomic E-state index is 0.192. The molecule has 1 aromatic carbocycles. The summed E-state index contributed by atoms with van der Waals surface area (Å²) in [7, 11) is 0. The minimum atomic E-state index is -0.345. The van der Waals surface area contributed by atoms with E-state index in [1.54, 1.807) is 12.1 Å². The van der Waals surface area contributed by atoms with Gasteiger partial charge in [0, 0.05) is 12.5 Å². The topological polar surface area (TPSA) is 46.5 Å². The van der Waals surface area contributed by atoms with E-state index in [1.807, 2.05) is 0 Å². The van der Waals surface area contributed by atoms with Gasteiger partial charge in [0.15, 0.2) is 0 Å². The van der Waals surface area contributed by atoms with Crippen molar-refractivity contribution in [2.45, 2.75) is 39.5 Å². The van der Waals surface area contributed by atoms with Crippen molar-refractivity contribution in [2.75, 3.05) is 0 Å². The van der Waals surface area contributed by atoms with E-state index in [0.29, 0.717) is 18.1 Å². The Balaban J connectivity index is 2.14. The van der Waals surface area contributed by atoms with Crippen LogP contribution >= 0.6 is 0 Å². The van der Waals surface area contributed by atoms with E-state index in [4.69, 9.17) is 4.74 Å². The highest BCUT2D eigenvalue weighted by Gasteiger charge is 2.17. The van der Waals surface area contributed by atoms with E-state index in [-0.39, 0.29) is 11.7 Å². The first-order chi connectivity index (χ1) is 9.95. The van der Waals surface area contributed by atoms with Gasteiger partial charge in [-0.15, -0.1) is 0 Å². The van der Waals surface area contributed by atoms with Crippen LogP contribution in [0.15, 0.2) is 42.0 Å². The van der Waals surface area contributed by atoms with Gasteiger partial charge in [-0.25, -0.2) is 0 Å². The molecule has 1 atom stereocenters. The molecular weight excluding hydrogens is 264 g/mol. The number of esters is 1. The summed E-state index contributed by atoms with van der Waals surface area (Å²) in [5.41, 5.74) is 3.42. The first kappa shape index (κ1) is 15.4. The molecule has 0 spiro atoms. The van der Waals surface area contributed by atoms with Crippen molar-refractivity contribution < 1.29 is 14.6 Å². The maximum atomic E-state index is 11.2. The summed E-state index contributed by atoms with van der Waals surface area (Å²) in [5, 5.41) is 9.64. The van der Waals surface area contributed by atoms with Crippen molar-refractivity contribution in [3.63, 3.8) is 0 Å². The number of carbonyl (C=O) groups is 1. The number of aromatic hydroxyl groups is 1. The molecule has 0 aliphatic heterocycles. The Labute approximate surface area is 125 Å². The molecular formula is C18H22O3. The first-order valence-corrected chi connectivity index (χ1v) is 7.29. The summed E-state index contributed by atoms with van der Waals surface area (Å²) >= 11 is 0. The molecule has 0 aromatic heterocycles. The summed E-state index contributed by atoms with van der Waals surface area (Å²) in [6.07, 6.45) is 6.12. The van der Waals surface area contributed by atoms with Gasteiger partial charge in [0.25, 0.3) is 0 Å². The Kier molecular flexibility index (Phi) is 4.84. The van der Waals surface area contributed by atoms with Crippen LogP contribution in [0.4, 0.5) is 0 Å². The van der Waals surface area contributed by atoms with Crippen LogP contribution in [0.2, 0.25) is 0 Å². The number of ether oxygens (including phenoxy) is 1. The molecule has 1 unspecified atom stereocenters. The third-order valence-corrected chi connectivity index (χ3v) is 3.92. The van der Waals surface area contributed by atoms with Gasteiger partial charge in [0.05, 0.1) is 0 Å². The van der Waals surface area contributed by atoms with Gasteiger partial charge in [-0.05, 0) is 56.7 Å². The lowest BCUT2D eigenvalue weighted by Gasteiger charge is -2.22. The van der Waals surface area contributed by atoms with Crippen LogP contribution < -0.4 is 4.74 Å². The lowest BCUT2D eigenvalue weighted by Crippen LogP contribution is -2.09. The van der Waals surface area contributed by atoms with Crippen molar-refractivity contribution in [3.05, 3.63) is 47.6 Å². The Morgan fingerprint density at radius 1 is 1.43 bits per heavy atom. The molecule has 3 nitrogen and oxygen atoms in total. The van der Waals surface area contributed by atoms with E-state index in [9.17, 15) is 9.90 Å². The maximum absolute atomic E-state index is 11.2. The number of allylic oxidation sites excluding steroid dienone is 3. The Morgan fingerprint density at radius 3 is 2.76 bits per heavy atom. The van der Waals surface area contributed by atoms with Crippen LogP contribution in [-0.2, 0) is 11.2 Å². The van der Waals surface area contributed by atoms with Crippen LogP contribution in [0.25, 0.3) is 0 Å². The molecule has 1 N–H and O–H groups in total. The van der Waals surface area contributed by atoms with Gasteiger partial charge in [-0.1, -0.05) is 23.8 Å². The summed E-state index contributed by atoms with van der Waals surface area (Å²) in [6, 6.07) is 4.85. The summed E-state index contributed by atoms with van der Waals surface area (Å²) < 4.78 is 5.21. The SMILES string of the molecule is C=C(C)C1CC=C(Cc2cc(O)ccc2OC(C)=O)CC1. The van der Waals surface area contributed by atoms with E-state index in [2.05, 4.69) is 19.6 Å². The third-order valence-electron chi connectivity index (χ3n) is 3.92. The highest BCUT2D eigenvalue weighted by molar-refractivity contribution is 5.70. The highest BCUT2D eigenvalue weighted by atomic mass is 16.5. The second kappa shape index (κ2) is 6.61. The van der Waals surface area contributed by atoms with Crippen LogP contribution in [0.1, 0.15) is 38.7 Å². The standard InChI is InChI=1S/C18H22O3/c1-12(2)15-6-4-14(5-7-15)10-16-11-17(20)8-9-18(16)21-13(3)19/h4,8-9,11,15,20H,1,5-7,10H2,2-3H3. The number of benzene rings is 1. The van der Waals surface area contributed by atoms with Crippen LogP contribution in [-0.4, -0.2) is 11.1 Å². The average Bonchev–Trinajstić information content (AvgIpc) is 2.42. The summed E-state index contributed by atoms with van der Waals surface area (Å²) in [4.78, 5) is 11.2. The van der Waals surface area contributed by atoms with E-state index < -0.39 is 0 Å². The molecule has 21 heavy (non-hydrogen) atoms.